The molecule has 0 saturated heterocycles. The molecule has 3 aromatic rings. The Morgan fingerprint density at radius 2 is 1.97 bits per heavy atom. The summed E-state index contributed by atoms with van der Waals surface area (Å²) >= 11 is 1.26. The number of amides is 1. The van der Waals surface area contributed by atoms with Crippen LogP contribution in [0.1, 0.15) is 42.5 Å². The Bertz CT molecular complexity index is 1080. The van der Waals surface area contributed by atoms with Gasteiger partial charge in [-0.15, -0.1) is 10.2 Å². The van der Waals surface area contributed by atoms with Crippen molar-refractivity contribution in [2.75, 3.05) is 18.7 Å². The van der Waals surface area contributed by atoms with Gasteiger partial charge in [-0.1, -0.05) is 42.1 Å². The summed E-state index contributed by atoms with van der Waals surface area (Å²) in [7, 11) is 1.60. The first-order valence-corrected chi connectivity index (χ1v) is 11.4. The van der Waals surface area contributed by atoms with E-state index in [-0.39, 0.29) is 17.7 Å². The topological polar surface area (TPSA) is 95.1 Å². The van der Waals surface area contributed by atoms with Gasteiger partial charge in [0, 0.05) is 0 Å². The predicted octanol–water partition coefficient (Wildman–Crippen LogP) is 3.52. The number of aryl methyl sites for hydroxylation is 2. The molecular weight excluding hydrogens is 410 g/mol. The molecule has 0 bridgehead atoms. The van der Waals surface area contributed by atoms with E-state index < -0.39 is 0 Å². The Labute approximate surface area is 186 Å². The molecule has 162 valence electrons. The van der Waals surface area contributed by atoms with Gasteiger partial charge in [0.2, 0.25) is 11.1 Å². The lowest BCUT2D eigenvalue weighted by Gasteiger charge is -2.20. The highest BCUT2D eigenvalue weighted by molar-refractivity contribution is 7.99. The molecule has 2 aromatic carbocycles. The summed E-state index contributed by atoms with van der Waals surface area (Å²) in [5.41, 5.74) is 4.74. The number of fused-ring (bicyclic) bond motifs is 1. The number of hydrogen-bond acceptors (Lipinski definition) is 6. The van der Waals surface area contributed by atoms with Crippen LogP contribution in [0.3, 0.4) is 0 Å². The van der Waals surface area contributed by atoms with E-state index in [9.17, 15) is 4.79 Å². The number of nitrogens with two attached hydrogens (primary N) is 1. The van der Waals surface area contributed by atoms with Crippen LogP contribution in [0.2, 0.25) is 0 Å². The van der Waals surface area contributed by atoms with Gasteiger partial charge in [0.1, 0.15) is 5.75 Å². The first-order valence-electron chi connectivity index (χ1n) is 10.4. The van der Waals surface area contributed by atoms with Gasteiger partial charge < -0.3 is 15.9 Å². The summed E-state index contributed by atoms with van der Waals surface area (Å²) in [5, 5.41) is 11.9. The standard InChI is InChI=1S/C23H27N5O2S/c1-15(17-12-11-16-7-3-4-8-18(16)13-17)25-21(29)14-31-23-27-26-22(28(23)24)19-9-5-6-10-20(19)30-2/h5-6,9-13,15H,3-4,7-8,14,24H2,1-2H3,(H,25,29)/t15-/m1/s1. The Morgan fingerprint density at radius 3 is 2.77 bits per heavy atom. The number of nitrogen functional groups attached to an aromatic ring is 1. The second-order valence-electron chi connectivity index (χ2n) is 7.69. The summed E-state index contributed by atoms with van der Waals surface area (Å²) in [5.74, 6) is 7.47. The number of nitrogens with zero attached hydrogens (tertiary/aromatic N) is 3. The van der Waals surface area contributed by atoms with Crippen LogP contribution >= 0.6 is 11.8 Å². The zero-order valence-electron chi connectivity index (χ0n) is 17.8. The highest BCUT2D eigenvalue weighted by Gasteiger charge is 2.18. The van der Waals surface area contributed by atoms with Crippen LogP contribution in [-0.2, 0) is 17.6 Å². The minimum Gasteiger partial charge on any atom is -0.496 e. The fourth-order valence-corrected chi connectivity index (χ4v) is 4.58. The van der Waals surface area contributed by atoms with Crippen LogP contribution in [0.25, 0.3) is 11.4 Å². The van der Waals surface area contributed by atoms with Crippen molar-refractivity contribution < 1.29 is 9.53 Å². The van der Waals surface area contributed by atoms with Crippen molar-refractivity contribution in [3.8, 4) is 17.1 Å². The lowest BCUT2D eigenvalue weighted by molar-refractivity contribution is -0.119. The van der Waals surface area contributed by atoms with E-state index in [2.05, 4.69) is 33.7 Å². The third-order valence-corrected chi connectivity index (χ3v) is 6.54. The summed E-state index contributed by atoms with van der Waals surface area (Å²) in [4.78, 5) is 12.5. The van der Waals surface area contributed by atoms with Gasteiger partial charge in [-0.05, 0) is 61.4 Å². The number of rotatable bonds is 7. The highest BCUT2D eigenvalue weighted by Crippen LogP contribution is 2.29. The van der Waals surface area contributed by atoms with E-state index in [1.165, 1.54) is 40.4 Å². The number of benzene rings is 2. The number of para-hydroxylation sites is 1. The number of methoxy groups -OCH3 is 1. The van der Waals surface area contributed by atoms with Crippen molar-refractivity contribution in [2.24, 2.45) is 0 Å². The fraction of sp³-hybridized carbons (Fsp3) is 0.348. The Hall–Kier alpha value is -3.00. The quantitative estimate of drug-likeness (QED) is 0.434. The maximum Gasteiger partial charge on any atom is 0.230 e. The molecule has 3 N–H and O–H groups in total. The number of nitrogens with one attached hydrogen (secondary N) is 1. The maximum atomic E-state index is 12.5. The van der Waals surface area contributed by atoms with Gasteiger partial charge in [0.05, 0.1) is 24.5 Å². The number of carbonyl (C=O) groups excluding carboxylic acids is 1. The van der Waals surface area contributed by atoms with Crippen LogP contribution in [-0.4, -0.2) is 33.6 Å². The van der Waals surface area contributed by atoms with Crippen molar-refractivity contribution in [1.82, 2.24) is 20.2 Å². The largest absolute Gasteiger partial charge is 0.496 e. The number of aromatic nitrogens is 3. The molecule has 0 unspecified atom stereocenters. The van der Waals surface area contributed by atoms with Crippen LogP contribution in [0.15, 0.2) is 47.6 Å². The van der Waals surface area contributed by atoms with E-state index in [1.807, 2.05) is 31.2 Å². The molecule has 1 aromatic heterocycles. The van der Waals surface area contributed by atoms with Crippen molar-refractivity contribution in [3.63, 3.8) is 0 Å². The average molecular weight is 438 g/mol. The SMILES string of the molecule is COc1ccccc1-c1nnc(SCC(=O)N[C@H](C)c2ccc3c(c2)CCCC3)n1N. The number of thioether (sulfide) groups is 1. The summed E-state index contributed by atoms with van der Waals surface area (Å²) in [6, 6.07) is 14.0. The molecule has 8 heteroatoms. The van der Waals surface area contributed by atoms with Crippen molar-refractivity contribution in [2.45, 2.75) is 43.8 Å². The molecule has 0 aliphatic heterocycles. The Kier molecular flexibility index (Phi) is 6.46. The van der Waals surface area contributed by atoms with Gasteiger partial charge in [0.15, 0.2) is 5.82 Å². The summed E-state index contributed by atoms with van der Waals surface area (Å²) < 4.78 is 6.77. The molecule has 0 radical (unpaired) electrons. The molecule has 31 heavy (non-hydrogen) atoms. The van der Waals surface area contributed by atoms with Gasteiger partial charge in [0.25, 0.3) is 0 Å². The second kappa shape index (κ2) is 9.43. The molecule has 1 aliphatic rings. The molecule has 4 rings (SSSR count). The third kappa shape index (κ3) is 4.69. The molecule has 0 saturated carbocycles. The summed E-state index contributed by atoms with van der Waals surface area (Å²) in [6.07, 6.45) is 4.79. The van der Waals surface area contributed by atoms with E-state index in [1.54, 1.807) is 7.11 Å². The maximum absolute atomic E-state index is 12.5. The predicted molar refractivity (Wildman–Crippen MR) is 123 cm³/mol. The first-order chi connectivity index (χ1) is 15.1. The van der Waals surface area contributed by atoms with E-state index in [4.69, 9.17) is 10.6 Å². The lowest BCUT2D eigenvalue weighted by Crippen LogP contribution is -2.28. The second-order valence-corrected chi connectivity index (χ2v) is 8.63. The average Bonchev–Trinajstić information content (AvgIpc) is 3.17. The van der Waals surface area contributed by atoms with Crippen LogP contribution in [0, 0.1) is 0 Å². The number of carbonyl (C=O) groups is 1. The van der Waals surface area contributed by atoms with Crippen molar-refractivity contribution >= 4 is 17.7 Å². The normalized spacial score (nSPS) is 14.0. The number of hydrogen-bond donors (Lipinski definition) is 2. The van der Waals surface area contributed by atoms with Gasteiger partial charge in [-0.3, -0.25) is 4.79 Å². The van der Waals surface area contributed by atoms with Crippen LogP contribution in [0.4, 0.5) is 0 Å². The molecule has 1 amide bonds. The van der Waals surface area contributed by atoms with Crippen LogP contribution < -0.4 is 15.9 Å². The zero-order valence-corrected chi connectivity index (χ0v) is 18.6. The smallest absolute Gasteiger partial charge is 0.230 e. The minimum atomic E-state index is -0.0722. The number of ether oxygens (including phenoxy) is 1. The summed E-state index contributed by atoms with van der Waals surface area (Å²) in [6.45, 7) is 2.01. The van der Waals surface area contributed by atoms with E-state index in [0.29, 0.717) is 16.7 Å². The van der Waals surface area contributed by atoms with Gasteiger partial charge in [-0.2, -0.15) is 0 Å². The Balaban J connectivity index is 1.37. The van der Waals surface area contributed by atoms with Crippen LogP contribution in [0.5, 0.6) is 5.75 Å². The van der Waals surface area contributed by atoms with Gasteiger partial charge >= 0.3 is 0 Å². The minimum absolute atomic E-state index is 0.0554. The first kappa shape index (κ1) is 21.2. The lowest BCUT2D eigenvalue weighted by atomic mass is 9.89. The zero-order chi connectivity index (χ0) is 21.8. The molecule has 1 aliphatic carbocycles. The molecule has 1 atom stereocenters. The van der Waals surface area contributed by atoms with E-state index >= 15 is 0 Å². The Morgan fingerprint density at radius 1 is 1.19 bits per heavy atom. The fourth-order valence-electron chi connectivity index (χ4n) is 3.91. The monoisotopic (exact) mass is 437 g/mol. The third-order valence-electron chi connectivity index (χ3n) is 5.59. The van der Waals surface area contributed by atoms with Crippen molar-refractivity contribution in [3.05, 3.63) is 59.2 Å². The highest BCUT2D eigenvalue weighted by atomic mass is 32.2. The molecular formula is C23H27N5O2S. The van der Waals surface area contributed by atoms with Crippen molar-refractivity contribution in [1.29, 1.82) is 0 Å². The molecule has 0 fully saturated rings. The molecule has 1 heterocycles. The van der Waals surface area contributed by atoms with Gasteiger partial charge in [-0.25, -0.2) is 4.68 Å². The molecule has 0 spiro atoms. The van der Waals surface area contributed by atoms with E-state index in [0.717, 1.165) is 24.0 Å². The molecule has 7 nitrogen and oxygen atoms in total.